The summed E-state index contributed by atoms with van der Waals surface area (Å²) in [6.07, 6.45) is 32.6. The first-order valence-corrected chi connectivity index (χ1v) is 20.6. The Morgan fingerprint density at radius 2 is 1.27 bits per heavy atom. The lowest BCUT2D eigenvalue weighted by atomic mass is 9.81. The third-order valence-electron chi connectivity index (χ3n) is 10.7. The average Bonchev–Trinajstić information content (AvgIpc) is 3.44. The number of para-hydroxylation sites is 1. The number of nitrogens with zero attached hydrogens (tertiary/aromatic N) is 1. The third-order valence-corrected chi connectivity index (χ3v) is 11.5. The van der Waals surface area contributed by atoms with Gasteiger partial charge in [0.15, 0.2) is 5.71 Å². The predicted octanol–water partition coefficient (Wildman–Crippen LogP) is 12.0. The minimum atomic E-state index is -4.25. The number of nitrogens with one attached hydrogen (secondary N) is 1. The Labute approximate surface area is 298 Å². The zero-order chi connectivity index (χ0) is 35.3. The van der Waals surface area contributed by atoms with Gasteiger partial charge in [0.05, 0.1) is 10.3 Å². The molecular weight excluding hydrogens is 625 g/mol. The molecule has 5 nitrogen and oxygen atoms in total. The number of unbranched alkanes of at least 4 members (excludes halogenated alkanes) is 15. The van der Waals surface area contributed by atoms with Crippen molar-refractivity contribution in [3.63, 3.8) is 0 Å². The minimum Gasteiger partial charge on any atom is -0.358 e. The van der Waals surface area contributed by atoms with Crippen molar-refractivity contribution in [2.24, 2.45) is 0 Å². The molecule has 268 valence electrons. The Hall–Kier alpha value is -2.96. The topological polar surface area (TPSA) is 69.4 Å². The summed E-state index contributed by atoms with van der Waals surface area (Å²) in [5.41, 5.74) is 6.24. The molecule has 2 N–H and O–H groups in total. The molecule has 0 bridgehead atoms. The summed E-state index contributed by atoms with van der Waals surface area (Å²) in [4.78, 5) is -0.0813. The molecule has 2 aliphatic rings. The summed E-state index contributed by atoms with van der Waals surface area (Å²) >= 11 is 0. The summed E-state index contributed by atoms with van der Waals surface area (Å²) in [6.45, 7) is 12.1. The van der Waals surface area contributed by atoms with E-state index in [2.05, 4.69) is 87.0 Å². The van der Waals surface area contributed by atoms with Gasteiger partial charge >= 0.3 is 0 Å². The molecule has 0 spiro atoms. The molecule has 0 saturated heterocycles. The Morgan fingerprint density at radius 3 is 1.86 bits per heavy atom. The van der Waals surface area contributed by atoms with Crippen molar-refractivity contribution in [3.8, 4) is 0 Å². The van der Waals surface area contributed by atoms with E-state index in [4.69, 9.17) is 0 Å². The monoisotopic (exact) mass is 687 g/mol. The van der Waals surface area contributed by atoms with Crippen LogP contribution in [0.15, 0.2) is 83.4 Å². The second-order valence-corrected chi connectivity index (χ2v) is 16.7. The van der Waals surface area contributed by atoms with Gasteiger partial charge in [-0.2, -0.15) is 13.0 Å². The van der Waals surface area contributed by atoms with Gasteiger partial charge < -0.3 is 5.32 Å². The molecule has 0 saturated carbocycles. The number of benzene rings is 2. The van der Waals surface area contributed by atoms with E-state index < -0.39 is 15.5 Å². The molecule has 0 aromatic heterocycles. The van der Waals surface area contributed by atoms with Crippen LogP contribution in [0.3, 0.4) is 0 Å². The van der Waals surface area contributed by atoms with Crippen molar-refractivity contribution >= 4 is 27.2 Å². The van der Waals surface area contributed by atoms with Gasteiger partial charge in [0.25, 0.3) is 10.1 Å². The van der Waals surface area contributed by atoms with Crippen LogP contribution < -0.4 is 5.32 Å². The number of rotatable bonds is 21. The molecular formula is C43H63N2O3S+. The summed E-state index contributed by atoms with van der Waals surface area (Å²) in [5, 5.41) is 3.43. The van der Waals surface area contributed by atoms with Gasteiger partial charge in [0, 0.05) is 40.9 Å². The summed E-state index contributed by atoms with van der Waals surface area (Å²) in [7, 11) is -4.25. The van der Waals surface area contributed by atoms with Crippen molar-refractivity contribution in [2.45, 2.75) is 153 Å². The van der Waals surface area contributed by atoms with Crippen LogP contribution in [0.2, 0.25) is 0 Å². The maximum atomic E-state index is 11.7. The molecule has 6 heteroatoms. The fourth-order valence-corrected chi connectivity index (χ4v) is 8.08. The van der Waals surface area contributed by atoms with E-state index in [0.717, 1.165) is 23.5 Å². The largest absolute Gasteiger partial charge is 0.358 e. The highest BCUT2D eigenvalue weighted by Crippen LogP contribution is 2.44. The van der Waals surface area contributed by atoms with Crippen LogP contribution in [0.1, 0.15) is 148 Å². The number of allylic oxidation sites excluding steroid dienone is 6. The fraction of sp³-hybridized carbons (Fsp3) is 0.558. The van der Waals surface area contributed by atoms with Crippen molar-refractivity contribution in [3.05, 3.63) is 89.7 Å². The van der Waals surface area contributed by atoms with Gasteiger partial charge in [-0.1, -0.05) is 147 Å². The molecule has 0 amide bonds. The van der Waals surface area contributed by atoms with E-state index >= 15 is 0 Å². The van der Waals surface area contributed by atoms with Gasteiger partial charge in [0.2, 0.25) is 5.69 Å². The molecule has 0 radical (unpaired) electrons. The first-order valence-electron chi connectivity index (χ1n) is 19.2. The van der Waals surface area contributed by atoms with Crippen LogP contribution in [0.25, 0.3) is 0 Å². The Bertz CT molecular complexity index is 1610. The van der Waals surface area contributed by atoms with E-state index in [1.165, 1.54) is 126 Å². The van der Waals surface area contributed by atoms with Crippen LogP contribution in [0, 0.1) is 0 Å². The average molecular weight is 688 g/mol. The molecule has 0 fully saturated rings. The lowest BCUT2D eigenvalue weighted by Gasteiger charge is -2.20. The van der Waals surface area contributed by atoms with Crippen LogP contribution >= 0.6 is 0 Å². The molecule has 2 aliphatic heterocycles. The molecule has 49 heavy (non-hydrogen) atoms. The van der Waals surface area contributed by atoms with E-state index in [9.17, 15) is 13.0 Å². The van der Waals surface area contributed by atoms with Crippen molar-refractivity contribution in [2.75, 3.05) is 11.9 Å². The first kappa shape index (κ1) is 38.8. The number of hydrogen-bond acceptors (Lipinski definition) is 3. The summed E-state index contributed by atoms with van der Waals surface area (Å²) < 4.78 is 35.5. The van der Waals surface area contributed by atoms with Gasteiger partial charge in [-0.05, 0) is 50.1 Å². The van der Waals surface area contributed by atoms with Gasteiger partial charge in [-0.15, -0.1) is 0 Å². The van der Waals surface area contributed by atoms with E-state index in [1.54, 1.807) is 12.1 Å². The van der Waals surface area contributed by atoms with Crippen molar-refractivity contribution in [1.82, 2.24) is 0 Å². The van der Waals surface area contributed by atoms with Crippen LogP contribution in [-0.4, -0.2) is 29.8 Å². The van der Waals surface area contributed by atoms with Crippen molar-refractivity contribution in [1.29, 1.82) is 0 Å². The van der Waals surface area contributed by atoms with E-state index in [0.29, 0.717) is 0 Å². The van der Waals surface area contributed by atoms with Crippen LogP contribution in [-0.2, 0) is 20.9 Å². The van der Waals surface area contributed by atoms with Gasteiger partial charge in [0.1, 0.15) is 6.54 Å². The van der Waals surface area contributed by atoms with Crippen LogP contribution in [0.5, 0.6) is 0 Å². The molecule has 2 aromatic rings. The number of hydrogen-bond donors (Lipinski definition) is 2. The lowest BCUT2D eigenvalue weighted by Crippen LogP contribution is -2.27. The molecule has 0 unspecified atom stereocenters. The predicted molar refractivity (Wildman–Crippen MR) is 208 cm³/mol. The molecule has 0 atom stereocenters. The van der Waals surface area contributed by atoms with E-state index in [-0.39, 0.29) is 10.3 Å². The zero-order valence-electron chi connectivity index (χ0n) is 31.1. The SMILES string of the molecule is CCCCCCCCCCCCCCCCCC[N+]1=C(C=CC=CC=C2Nc3ccc(S(=O)(=O)O)cc3C2(C)C)C(C)(C)c2ccccc21. The second kappa shape index (κ2) is 18.3. The van der Waals surface area contributed by atoms with Crippen molar-refractivity contribution < 1.29 is 17.5 Å². The highest BCUT2D eigenvalue weighted by molar-refractivity contribution is 7.85. The standard InChI is InChI=1S/C43H62N2O3S/c1-6-7-8-9-10-11-12-13-14-15-16-17-18-19-20-26-33-45-39-28-25-24-27-36(39)43(4,5)41(45)30-23-21-22-29-40-42(2,3)37-34-35(49(46,47)48)31-32-38(37)44-40/h21-25,27-32,34H,6-20,26,33H2,1-5H3,(H,46,47,48)/p+1. The first-order chi connectivity index (χ1) is 23.5. The van der Waals surface area contributed by atoms with Crippen LogP contribution in [0.4, 0.5) is 11.4 Å². The molecule has 0 aliphatic carbocycles. The normalized spacial score (nSPS) is 17.4. The maximum absolute atomic E-state index is 11.7. The quantitative estimate of drug-likeness (QED) is 0.0593. The maximum Gasteiger partial charge on any atom is 0.294 e. The Morgan fingerprint density at radius 1 is 0.694 bits per heavy atom. The fourth-order valence-electron chi connectivity index (χ4n) is 7.57. The minimum absolute atomic E-state index is 0.0736. The second-order valence-electron chi connectivity index (χ2n) is 15.2. The Kier molecular flexibility index (Phi) is 14.5. The van der Waals surface area contributed by atoms with Gasteiger partial charge in [-0.3, -0.25) is 4.55 Å². The number of anilines is 1. The molecule has 2 aromatic carbocycles. The summed E-state index contributed by atoms with van der Waals surface area (Å²) in [6, 6.07) is 13.6. The smallest absolute Gasteiger partial charge is 0.294 e. The highest BCUT2D eigenvalue weighted by atomic mass is 32.2. The highest BCUT2D eigenvalue weighted by Gasteiger charge is 2.43. The zero-order valence-corrected chi connectivity index (χ0v) is 31.9. The molecule has 4 rings (SSSR count). The summed E-state index contributed by atoms with van der Waals surface area (Å²) in [5.74, 6) is 0. The van der Waals surface area contributed by atoms with E-state index in [1.807, 2.05) is 12.2 Å². The number of fused-ring (bicyclic) bond motifs is 2. The molecule has 2 heterocycles. The Balaban J connectivity index is 1.26. The van der Waals surface area contributed by atoms with Gasteiger partial charge in [-0.25, -0.2) is 0 Å². The third kappa shape index (κ3) is 10.5. The lowest BCUT2D eigenvalue weighted by molar-refractivity contribution is -0.438.